The number of unbranched alkanes of at least 4 members (excludes halogenated alkanes) is 13. The summed E-state index contributed by atoms with van der Waals surface area (Å²) in [7, 11) is 0. The number of aromatic nitrogens is 1. The Morgan fingerprint density at radius 2 is 1.04 bits per heavy atom. The minimum Gasteiger partial charge on any atom is -0.167 e. The van der Waals surface area contributed by atoms with E-state index in [9.17, 15) is 0 Å². The van der Waals surface area contributed by atoms with Gasteiger partial charge in [-0.15, -0.1) is 0 Å². The van der Waals surface area contributed by atoms with Crippen molar-refractivity contribution in [3.8, 4) is 5.69 Å². The molecule has 2 rings (SSSR count). The summed E-state index contributed by atoms with van der Waals surface area (Å²) in [5.74, 6) is 0. The standard InChI is InChI=1S/C27H42N/c1-2-3-4-5-6-7-8-9-10-11-12-13-14-16-21-26-22-17-18-23-27(26)28-24-19-15-20-25-28/h15,17-20,22-25H,2-14,16,21H2,1H3/q+1. The molecule has 1 heteroatoms. The van der Waals surface area contributed by atoms with Gasteiger partial charge in [-0.1, -0.05) is 115 Å². The van der Waals surface area contributed by atoms with Gasteiger partial charge < -0.3 is 0 Å². The molecule has 1 nitrogen and oxygen atoms in total. The second kappa shape index (κ2) is 15.3. The number of benzene rings is 1. The van der Waals surface area contributed by atoms with Crippen molar-refractivity contribution in [2.75, 3.05) is 0 Å². The van der Waals surface area contributed by atoms with Crippen molar-refractivity contribution in [3.05, 3.63) is 60.4 Å². The molecular formula is C27H42N+. The number of para-hydroxylation sites is 1. The lowest BCUT2D eigenvalue weighted by Crippen LogP contribution is -2.30. The third kappa shape index (κ3) is 9.53. The van der Waals surface area contributed by atoms with Gasteiger partial charge in [0.15, 0.2) is 12.4 Å². The first-order valence-electron chi connectivity index (χ1n) is 12.0. The van der Waals surface area contributed by atoms with Gasteiger partial charge in [0.2, 0.25) is 5.69 Å². The smallest absolute Gasteiger partial charge is 0.167 e. The van der Waals surface area contributed by atoms with Gasteiger partial charge in [-0.25, -0.2) is 0 Å². The fraction of sp³-hybridized carbons (Fsp3) is 0.593. The summed E-state index contributed by atoms with van der Waals surface area (Å²) < 4.78 is 2.24. The monoisotopic (exact) mass is 380 g/mol. The first kappa shape index (κ1) is 22.7. The molecule has 0 aliphatic heterocycles. The van der Waals surface area contributed by atoms with Crippen molar-refractivity contribution in [2.45, 2.75) is 103 Å². The van der Waals surface area contributed by atoms with Crippen LogP contribution in [0.3, 0.4) is 0 Å². The Morgan fingerprint density at radius 1 is 0.536 bits per heavy atom. The van der Waals surface area contributed by atoms with E-state index >= 15 is 0 Å². The van der Waals surface area contributed by atoms with Gasteiger partial charge >= 0.3 is 0 Å². The first-order chi connectivity index (χ1) is 13.9. The van der Waals surface area contributed by atoms with Crippen LogP contribution in [0.1, 0.15) is 102 Å². The Balaban J connectivity index is 1.48. The van der Waals surface area contributed by atoms with Crippen LogP contribution in [0, 0.1) is 0 Å². The molecule has 0 atom stereocenters. The fourth-order valence-corrected chi connectivity index (χ4v) is 4.04. The first-order valence-corrected chi connectivity index (χ1v) is 12.0. The number of pyridine rings is 1. The van der Waals surface area contributed by atoms with E-state index in [1.165, 1.54) is 108 Å². The Hall–Kier alpha value is -1.63. The average Bonchev–Trinajstić information content (AvgIpc) is 2.75. The summed E-state index contributed by atoms with van der Waals surface area (Å²) in [6, 6.07) is 15.1. The van der Waals surface area contributed by atoms with Crippen LogP contribution in [0.2, 0.25) is 0 Å². The molecule has 1 heterocycles. The maximum absolute atomic E-state index is 2.29. The maximum atomic E-state index is 2.29. The van der Waals surface area contributed by atoms with Crippen LogP contribution in [0.15, 0.2) is 54.9 Å². The zero-order valence-corrected chi connectivity index (χ0v) is 18.2. The van der Waals surface area contributed by atoms with Crippen molar-refractivity contribution < 1.29 is 4.57 Å². The molecule has 0 radical (unpaired) electrons. The minimum absolute atomic E-state index is 1.19. The molecule has 28 heavy (non-hydrogen) atoms. The number of rotatable bonds is 16. The summed E-state index contributed by atoms with van der Waals surface area (Å²) >= 11 is 0. The summed E-state index contributed by atoms with van der Waals surface area (Å²) in [6.45, 7) is 2.29. The maximum Gasteiger partial charge on any atom is 0.213 e. The average molecular weight is 381 g/mol. The molecule has 0 bridgehead atoms. The SMILES string of the molecule is CCCCCCCCCCCCCCCCc1ccccc1-[n+]1ccccc1. The molecular weight excluding hydrogens is 338 g/mol. The molecule has 0 amide bonds. The summed E-state index contributed by atoms with van der Waals surface area (Å²) in [4.78, 5) is 0. The highest BCUT2D eigenvalue weighted by Crippen LogP contribution is 2.15. The Bertz CT molecular complexity index is 605. The highest BCUT2D eigenvalue weighted by Gasteiger charge is 2.10. The van der Waals surface area contributed by atoms with Crippen LogP contribution in [-0.4, -0.2) is 0 Å². The van der Waals surface area contributed by atoms with Crippen LogP contribution in [0.5, 0.6) is 0 Å². The Kier molecular flexibility index (Phi) is 12.4. The van der Waals surface area contributed by atoms with E-state index in [1.54, 1.807) is 0 Å². The van der Waals surface area contributed by atoms with E-state index in [0.29, 0.717) is 0 Å². The van der Waals surface area contributed by atoms with Gasteiger partial charge in [0.1, 0.15) is 0 Å². The van der Waals surface area contributed by atoms with Crippen LogP contribution in [-0.2, 0) is 6.42 Å². The second-order valence-electron chi connectivity index (χ2n) is 8.26. The second-order valence-corrected chi connectivity index (χ2v) is 8.26. The molecule has 0 fully saturated rings. The quantitative estimate of drug-likeness (QED) is 0.205. The largest absolute Gasteiger partial charge is 0.213 e. The van der Waals surface area contributed by atoms with E-state index in [2.05, 4.69) is 66.3 Å². The lowest BCUT2D eigenvalue weighted by Gasteiger charge is -2.05. The molecule has 0 unspecified atom stereocenters. The predicted octanol–water partition coefficient (Wildman–Crippen LogP) is 7.99. The highest BCUT2D eigenvalue weighted by molar-refractivity contribution is 5.33. The van der Waals surface area contributed by atoms with Gasteiger partial charge in [-0.2, -0.15) is 4.57 Å². The van der Waals surface area contributed by atoms with Crippen LogP contribution >= 0.6 is 0 Å². The highest BCUT2D eigenvalue weighted by atomic mass is 14.9. The van der Waals surface area contributed by atoms with Crippen molar-refractivity contribution >= 4 is 0 Å². The summed E-state index contributed by atoms with van der Waals surface area (Å²) in [6.07, 6.45) is 25.4. The topological polar surface area (TPSA) is 3.88 Å². The van der Waals surface area contributed by atoms with E-state index < -0.39 is 0 Å². The number of aryl methyl sites for hydroxylation is 1. The lowest BCUT2D eigenvalue weighted by atomic mass is 10.0. The summed E-state index contributed by atoms with van der Waals surface area (Å²) in [5.41, 5.74) is 2.80. The van der Waals surface area contributed by atoms with Gasteiger partial charge in [0, 0.05) is 23.8 Å². The third-order valence-corrected chi connectivity index (χ3v) is 5.79. The van der Waals surface area contributed by atoms with Gasteiger partial charge in [0.05, 0.1) is 0 Å². The van der Waals surface area contributed by atoms with Crippen LogP contribution < -0.4 is 4.57 Å². The number of hydrogen-bond donors (Lipinski definition) is 0. The van der Waals surface area contributed by atoms with Crippen LogP contribution in [0.4, 0.5) is 0 Å². The Labute approximate surface area is 174 Å². The van der Waals surface area contributed by atoms with E-state index in [1.807, 2.05) is 0 Å². The van der Waals surface area contributed by atoms with E-state index in [-0.39, 0.29) is 0 Å². The van der Waals surface area contributed by atoms with E-state index in [0.717, 1.165) is 0 Å². The van der Waals surface area contributed by atoms with Crippen molar-refractivity contribution in [1.29, 1.82) is 0 Å². The van der Waals surface area contributed by atoms with Gasteiger partial charge in [0.25, 0.3) is 0 Å². The van der Waals surface area contributed by atoms with Gasteiger partial charge in [-0.3, -0.25) is 0 Å². The molecule has 0 aliphatic carbocycles. The molecule has 1 aromatic carbocycles. The van der Waals surface area contributed by atoms with Crippen molar-refractivity contribution in [3.63, 3.8) is 0 Å². The normalized spacial score (nSPS) is 11.0. The fourth-order valence-electron chi connectivity index (χ4n) is 4.04. The van der Waals surface area contributed by atoms with Crippen molar-refractivity contribution in [1.82, 2.24) is 0 Å². The van der Waals surface area contributed by atoms with Crippen LogP contribution in [0.25, 0.3) is 5.69 Å². The summed E-state index contributed by atoms with van der Waals surface area (Å²) in [5, 5.41) is 0. The zero-order valence-electron chi connectivity index (χ0n) is 18.2. The molecule has 0 saturated carbocycles. The van der Waals surface area contributed by atoms with Crippen molar-refractivity contribution in [2.24, 2.45) is 0 Å². The third-order valence-electron chi connectivity index (χ3n) is 5.79. The molecule has 1 aromatic heterocycles. The molecule has 0 N–H and O–H groups in total. The van der Waals surface area contributed by atoms with E-state index in [4.69, 9.17) is 0 Å². The molecule has 154 valence electrons. The molecule has 0 aliphatic rings. The minimum atomic E-state index is 1.19. The molecule has 0 spiro atoms. The molecule has 2 aromatic rings. The Morgan fingerprint density at radius 3 is 1.61 bits per heavy atom. The predicted molar refractivity (Wildman–Crippen MR) is 122 cm³/mol. The zero-order chi connectivity index (χ0) is 19.7. The van der Waals surface area contributed by atoms with Gasteiger partial charge in [-0.05, 0) is 12.8 Å². The lowest BCUT2D eigenvalue weighted by molar-refractivity contribution is -0.596. The number of nitrogens with zero attached hydrogens (tertiary/aromatic N) is 1. The molecule has 0 saturated heterocycles. The number of hydrogen-bond acceptors (Lipinski definition) is 0.